The lowest BCUT2D eigenvalue weighted by molar-refractivity contribution is 0.0838. The van der Waals surface area contributed by atoms with Gasteiger partial charge in [0.15, 0.2) is 0 Å². The minimum atomic E-state index is -0.172. The Labute approximate surface area is 139 Å². The van der Waals surface area contributed by atoms with E-state index in [1.807, 2.05) is 47.1 Å². The number of aliphatic hydroxyl groups is 1. The number of nitrogens with zero attached hydrogens (tertiary/aromatic N) is 2. The molecule has 2 aromatic heterocycles. The molecule has 3 aromatic rings. The molecule has 0 unspecified atom stereocenters. The van der Waals surface area contributed by atoms with Crippen LogP contribution in [0.15, 0.2) is 54.9 Å². The lowest BCUT2D eigenvalue weighted by Crippen LogP contribution is -2.27. The smallest absolute Gasteiger partial charge is 0.251 e. The second-order valence-electron chi connectivity index (χ2n) is 5.26. The van der Waals surface area contributed by atoms with Gasteiger partial charge in [0.2, 0.25) is 0 Å². The van der Waals surface area contributed by atoms with Gasteiger partial charge in [-0.1, -0.05) is 30.3 Å². The molecule has 6 nitrogen and oxygen atoms in total. The van der Waals surface area contributed by atoms with Gasteiger partial charge in [-0.05, 0) is 12.1 Å². The van der Waals surface area contributed by atoms with E-state index in [2.05, 4.69) is 10.3 Å². The topological polar surface area (TPSA) is 75.9 Å². The molecule has 0 radical (unpaired) electrons. The highest BCUT2D eigenvalue weighted by Gasteiger charge is 2.09. The summed E-state index contributed by atoms with van der Waals surface area (Å²) in [6.45, 7) is 1.02. The van der Waals surface area contributed by atoms with Crippen LogP contribution in [0.3, 0.4) is 0 Å². The molecule has 3 rings (SSSR count). The van der Waals surface area contributed by atoms with Crippen molar-refractivity contribution in [1.82, 2.24) is 14.7 Å². The number of nitrogens with one attached hydrogen (secondary N) is 1. The second-order valence-corrected chi connectivity index (χ2v) is 5.26. The van der Waals surface area contributed by atoms with Gasteiger partial charge in [0.1, 0.15) is 5.65 Å². The fourth-order valence-electron chi connectivity index (χ4n) is 2.38. The summed E-state index contributed by atoms with van der Waals surface area (Å²) in [7, 11) is 0. The van der Waals surface area contributed by atoms with Crippen molar-refractivity contribution in [3.8, 4) is 11.3 Å². The molecule has 0 saturated heterocycles. The first kappa shape index (κ1) is 16.2. The minimum Gasteiger partial charge on any atom is -0.394 e. The van der Waals surface area contributed by atoms with E-state index in [9.17, 15) is 4.79 Å². The third-order valence-electron chi connectivity index (χ3n) is 3.56. The molecule has 0 spiro atoms. The molecule has 6 heteroatoms. The van der Waals surface area contributed by atoms with Gasteiger partial charge < -0.3 is 19.6 Å². The Morgan fingerprint density at radius 1 is 1.21 bits per heavy atom. The first-order valence-electron chi connectivity index (χ1n) is 7.79. The monoisotopic (exact) mass is 325 g/mol. The van der Waals surface area contributed by atoms with Gasteiger partial charge in [-0.3, -0.25) is 4.79 Å². The number of carbonyl (C=O) groups is 1. The summed E-state index contributed by atoms with van der Waals surface area (Å²) < 4.78 is 7.00. The predicted octanol–water partition coefficient (Wildman–Crippen LogP) is 1.74. The quantitative estimate of drug-likeness (QED) is 0.649. The van der Waals surface area contributed by atoms with Gasteiger partial charge in [0.25, 0.3) is 5.91 Å². The molecule has 0 fully saturated rings. The number of aliphatic hydroxyl groups excluding tert-OH is 1. The normalized spacial score (nSPS) is 10.9. The van der Waals surface area contributed by atoms with Gasteiger partial charge in [-0.25, -0.2) is 4.98 Å². The van der Waals surface area contributed by atoms with Gasteiger partial charge >= 0.3 is 0 Å². The van der Waals surface area contributed by atoms with Crippen molar-refractivity contribution >= 4 is 11.6 Å². The van der Waals surface area contributed by atoms with Crippen LogP contribution in [-0.4, -0.2) is 46.8 Å². The van der Waals surface area contributed by atoms with E-state index in [1.165, 1.54) is 0 Å². The Kier molecular flexibility index (Phi) is 5.20. The SMILES string of the molecule is O=C(NCCOCCO)c1ccn2cc(-c3ccccc3)nc2c1. The van der Waals surface area contributed by atoms with Crippen LogP contribution in [0.1, 0.15) is 10.4 Å². The molecule has 0 aliphatic heterocycles. The summed E-state index contributed by atoms with van der Waals surface area (Å²) >= 11 is 0. The maximum atomic E-state index is 12.1. The molecule has 0 aliphatic carbocycles. The summed E-state index contributed by atoms with van der Waals surface area (Å²) in [4.78, 5) is 16.7. The van der Waals surface area contributed by atoms with Crippen LogP contribution >= 0.6 is 0 Å². The largest absolute Gasteiger partial charge is 0.394 e. The van der Waals surface area contributed by atoms with Gasteiger partial charge in [-0.15, -0.1) is 0 Å². The van der Waals surface area contributed by atoms with Gasteiger partial charge in [0.05, 0.1) is 25.5 Å². The highest BCUT2D eigenvalue weighted by molar-refractivity contribution is 5.95. The van der Waals surface area contributed by atoms with Gasteiger partial charge in [0, 0.05) is 30.1 Å². The van der Waals surface area contributed by atoms with Crippen molar-refractivity contribution in [3.63, 3.8) is 0 Å². The van der Waals surface area contributed by atoms with E-state index >= 15 is 0 Å². The summed E-state index contributed by atoms with van der Waals surface area (Å²) in [6.07, 6.45) is 3.76. The lowest BCUT2D eigenvalue weighted by Gasteiger charge is -2.05. The molecule has 1 aromatic carbocycles. The van der Waals surface area contributed by atoms with E-state index in [0.29, 0.717) is 18.7 Å². The summed E-state index contributed by atoms with van der Waals surface area (Å²) in [6, 6.07) is 13.4. The van der Waals surface area contributed by atoms with Crippen molar-refractivity contribution in [1.29, 1.82) is 0 Å². The molecule has 2 N–H and O–H groups in total. The fourth-order valence-corrected chi connectivity index (χ4v) is 2.38. The van der Waals surface area contributed by atoms with Crippen molar-refractivity contribution in [2.45, 2.75) is 0 Å². The van der Waals surface area contributed by atoms with Crippen LogP contribution in [0.25, 0.3) is 16.9 Å². The molecule has 0 atom stereocenters. The third-order valence-corrected chi connectivity index (χ3v) is 3.56. The number of amides is 1. The van der Waals surface area contributed by atoms with Gasteiger partial charge in [-0.2, -0.15) is 0 Å². The first-order valence-corrected chi connectivity index (χ1v) is 7.79. The van der Waals surface area contributed by atoms with E-state index in [-0.39, 0.29) is 19.1 Å². The summed E-state index contributed by atoms with van der Waals surface area (Å²) in [5.41, 5.74) is 3.17. The number of imidazole rings is 1. The van der Waals surface area contributed by atoms with Crippen molar-refractivity contribution in [2.24, 2.45) is 0 Å². The molecular weight excluding hydrogens is 306 g/mol. The fraction of sp³-hybridized carbons (Fsp3) is 0.222. The average molecular weight is 325 g/mol. The Hall–Kier alpha value is -2.70. The third kappa shape index (κ3) is 3.79. The Morgan fingerprint density at radius 3 is 2.83 bits per heavy atom. The van der Waals surface area contributed by atoms with E-state index in [1.54, 1.807) is 12.1 Å². The highest BCUT2D eigenvalue weighted by atomic mass is 16.5. The molecule has 124 valence electrons. The zero-order valence-corrected chi connectivity index (χ0v) is 13.2. The molecule has 2 heterocycles. The minimum absolute atomic E-state index is 0.0196. The zero-order chi connectivity index (χ0) is 16.8. The van der Waals surface area contributed by atoms with Crippen LogP contribution in [0.2, 0.25) is 0 Å². The number of fused-ring (bicyclic) bond motifs is 1. The maximum absolute atomic E-state index is 12.1. The number of ether oxygens (including phenoxy) is 1. The van der Waals surface area contributed by atoms with Crippen LogP contribution in [-0.2, 0) is 4.74 Å². The number of pyridine rings is 1. The number of aromatic nitrogens is 2. The number of carbonyl (C=O) groups excluding carboxylic acids is 1. The molecule has 0 aliphatic rings. The Morgan fingerprint density at radius 2 is 2.04 bits per heavy atom. The molecule has 0 saturated carbocycles. The number of hydrogen-bond acceptors (Lipinski definition) is 4. The average Bonchev–Trinajstić information content (AvgIpc) is 3.05. The van der Waals surface area contributed by atoms with Crippen molar-refractivity contribution < 1.29 is 14.6 Å². The van der Waals surface area contributed by atoms with E-state index in [0.717, 1.165) is 16.9 Å². The van der Waals surface area contributed by atoms with E-state index in [4.69, 9.17) is 9.84 Å². The van der Waals surface area contributed by atoms with E-state index < -0.39 is 0 Å². The van der Waals surface area contributed by atoms with Crippen LogP contribution in [0, 0.1) is 0 Å². The molecule has 1 amide bonds. The van der Waals surface area contributed by atoms with Crippen molar-refractivity contribution in [2.75, 3.05) is 26.4 Å². The second kappa shape index (κ2) is 7.72. The molecule has 24 heavy (non-hydrogen) atoms. The van der Waals surface area contributed by atoms with Crippen LogP contribution in [0.5, 0.6) is 0 Å². The Balaban J connectivity index is 1.70. The predicted molar refractivity (Wildman–Crippen MR) is 90.9 cm³/mol. The number of hydrogen-bond donors (Lipinski definition) is 2. The number of rotatable bonds is 7. The first-order chi connectivity index (χ1) is 11.8. The zero-order valence-electron chi connectivity index (χ0n) is 13.2. The molecule has 0 bridgehead atoms. The van der Waals surface area contributed by atoms with Crippen molar-refractivity contribution in [3.05, 3.63) is 60.4 Å². The molecular formula is C18H19N3O3. The lowest BCUT2D eigenvalue weighted by atomic mass is 10.2. The summed E-state index contributed by atoms with van der Waals surface area (Å²) in [5, 5.41) is 11.4. The standard InChI is InChI=1S/C18H19N3O3/c22-9-11-24-10-7-19-18(23)15-6-8-21-13-16(20-17(21)12-15)14-4-2-1-3-5-14/h1-6,8,12-13,22H,7,9-11H2,(H,19,23). The van der Waals surface area contributed by atoms with Crippen LogP contribution in [0.4, 0.5) is 0 Å². The number of benzene rings is 1. The highest BCUT2D eigenvalue weighted by Crippen LogP contribution is 2.19. The Bertz CT molecular complexity index is 815. The maximum Gasteiger partial charge on any atom is 0.251 e. The summed E-state index contributed by atoms with van der Waals surface area (Å²) in [5.74, 6) is -0.172. The van der Waals surface area contributed by atoms with Crippen LogP contribution < -0.4 is 5.32 Å².